The van der Waals surface area contributed by atoms with Gasteiger partial charge in [-0.25, -0.2) is 0 Å². The van der Waals surface area contributed by atoms with Crippen molar-refractivity contribution in [2.24, 2.45) is 0 Å². The summed E-state index contributed by atoms with van der Waals surface area (Å²) in [6, 6.07) is 3.56. The number of piperazine rings is 2. The van der Waals surface area contributed by atoms with Gasteiger partial charge in [-0.3, -0.25) is 14.5 Å². The highest BCUT2D eigenvalue weighted by molar-refractivity contribution is 7.14. The van der Waals surface area contributed by atoms with Crippen LogP contribution in [0.5, 0.6) is 0 Å². The first-order chi connectivity index (χ1) is 10.2. The molecule has 0 radical (unpaired) electrons. The van der Waals surface area contributed by atoms with Crippen molar-refractivity contribution in [1.82, 2.24) is 15.1 Å². The van der Waals surface area contributed by atoms with Gasteiger partial charge in [0.2, 0.25) is 5.91 Å². The fourth-order valence-electron chi connectivity index (χ4n) is 2.83. The SMILES string of the molecule is COCc1ccc(C(=O)N2CCN3CCNC(=O)[C@@H]3C2)s1. The lowest BCUT2D eigenvalue weighted by atomic mass is 10.1. The smallest absolute Gasteiger partial charge is 0.264 e. The number of amides is 2. The monoisotopic (exact) mass is 309 g/mol. The lowest BCUT2D eigenvalue weighted by Crippen LogP contribution is -2.64. The first-order valence-corrected chi connectivity index (χ1v) is 7.89. The minimum atomic E-state index is -0.199. The second kappa shape index (κ2) is 6.13. The largest absolute Gasteiger partial charge is 0.379 e. The molecule has 21 heavy (non-hydrogen) atoms. The van der Waals surface area contributed by atoms with Crippen LogP contribution in [0.1, 0.15) is 14.5 Å². The van der Waals surface area contributed by atoms with E-state index in [4.69, 9.17) is 4.74 Å². The zero-order valence-corrected chi connectivity index (χ0v) is 12.8. The Labute approximate surface area is 127 Å². The van der Waals surface area contributed by atoms with Gasteiger partial charge >= 0.3 is 0 Å². The Kier molecular flexibility index (Phi) is 4.23. The molecule has 3 rings (SSSR count). The van der Waals surface area contributed by atoms with Crippen LogP contribution in [0.2, 0.25) is 0 Å². The minimum absolute atomic E-state index is 0.0142. The zero-order valence-electron chi connectivity index (χ0n) is 12.0. The number of nitrogens with zero attached hydrogens (tertiary/aromatic N) is 2. The van der Waals surface area contributed by atoms with Crippen molar-refractivity contribution in [2.75, 3.05) is 39.8 Å². The number of thiophene rings is 1. The summed E-state index contributed by atoms with van der Waals surface area (Å²) >= 11 is 1.46. The molecule has 0 aromatic carbocycles. The van der Waals surface area contributed by atoms with Crippen LogP contribution in [0.4, 0.5) is 0 Å². The van der Waals surface area contributed by atoms with Crippen molar-refractivity contribution in [1.29, 1.82) is 0 Å². The Morgan fingerprint density at radius 3 is 3.10 bits per heavy atom. The number of nitrogens with one attached hydrogen (secondary N) is 1. The van der Waals surface area contributed by atoms with E-state index >= 15 is 0 Å². The molecule has 7 heteroatoms. The topological polar surface area (TPSA) is 61.9 Å². The van der Waals surface area contributed by atoms with E-state index in [2.05, 4.69) is 10.2 Å². The minimum Gasteiger partial charge on any atom is -0.379 e. The average molecular weight is 309 g/mol. The highest BCUT2D eigenvalue weighted by Crippen LogP contribution is 2.21. The Morgan fingerprint density at radius 2 is 2.29 bits per heavy atom. The van der Waals surface area contributed by atoms with Crippen molar-refractivity contribution in [2.45, 2.75) is 12.6 Å². The van der Waals surface area contributed by atoms with Crippen LogP contribution in [-0.4, -0.2) is 67.5 Å². The molecule has 2 fully saturated rings. The molecular formula is C14H19N3O3S. The van der Waals surface area contributed by atoms with Gasteiger partial charge in [0.25, 0.3) is 5.91 Å². The number of ether oxygens (including phenoxy) is 1. The Balaban J connectivity index is 1.68. The molecule has 114 valence electrons. The van der Waals surface area contributed by atoms with Gasteiger partial charge < -0.3 is 15.0 Å². The van der Waals surface area contributed by atoms with Crippen LogP contribution in [0.25, 0.3) is 0 Å². The lowest BCUT2D eigenvalue weighted by Gasteiger charge is -2.42. The number of methoxy groups -OCH3 is 1. The normalized spacial score (nSPS) is 22.8. The van der Waals surface area contributed by atoms with Gasteiger partial charge in [0.05, 0.1) is 11.5 Å². The molecule has 2 aliphatic heterocycles. The number of fused-ring (bicyclic) bond motifs is 1. The molecule has 2 saturated heterocycles. The van der Waals surface area contributed by atoms with Crippen molar-refractivity contribution in [3.8, 4) is 0 Å². The highest BCUT2D eigenvalue weighted by Gasteiger charge is 2.36. The maximum Gasteiger partial charge on any atom is 0.264 e. The fourth-order valence-corrected chi connectivity index (χ4v) is 3.78. The van der Waals surface area contributed by atoms with E-state index in [1.807, 2.05) is 12.1 Å². The molecule has 1 atom stereocenters. The quantitative estimate of drug-likeness (QED) is 0.863. The summed E-state index contributed by atoms with van der Waals surface area (Å²) < 4.78 is 5.08. The van der Waals surface area contributed by atoms with Crippen LogP contribution < -0.4 is 5.32 Å². The molecule has 0 bridgehead atoms. The zero-order chi connectivity index (χ0) is 14.8. The maximum atomic E-state index is 12.5. The van der Waals surface area contributed by atoms with E-state index < -0.39 is 0 Å². The Bertz CT molecular complexity index is 545. The van der Waals surface area contributed by atoms with E-state index in [0.29, 0.717) is 31.1 Å². The molecule has 2 aliphatic rings. The van der Waals surface area contributed by atoms with E-state index in [9.17, 15) is 9.59 Å². The highest BCUT2D eigenvalue weighted by atomic mass is 32.1. The third-order valence-electron chi connectivity index (χ3n) is 3.94. The van der Waals surface area contributed by atoms with Gasteiger partial charge in [-0.05, 0) is 12.1 Å². The molecule has 0 spiro atoms. The second-order valence-corrected chi connectivity index (χ2v) is 6.46. The number of carbonyl (C=O) groups is 2. The van der Waals surface area contributed by atoms with Crippen molar-refractivity contribution in [3.05, 3.63) is 21.9 Å². The standard InChI is InChI=1S/C14H19N3O3S/c1-20-9-10-2-3-12(21-10)14(19)17-7-6-16-5-4-15-13(18)11(16)8-17/h2-3,11H,4-9H2,1H3,(H,15,18)/t11-/m0/s1. The lowest BCUT2D eigenvalue weighted by molar-refractivity contribution is -0.131. The Hall–Kier alpha value is -1.44. The van der Waals surface area contributed by atoms with E-state index in [0.717, 1.165) is 18.0 Å². The van der Waals surface area contributed by atoms with Crippen LogP contribution in [0, 0.1) is 0 Å². The van der Waals surface area contributed by atoms with E-state index in [1.165, 1.54) is 11.3 Å². The molecular weight excluding hydrogens is 290 g/mol. The summed E-state index contributed by atoms with van der Waals surface area (Å²) in [5.74, 6) is 0.0466. The van der Waals surface area contributed by atoms with Gasteiger partial charge in [0, 0.05) is 44.7 Å². The summed E-state index contributed by atoms with van der Waals surface area (Å²) in [7, 11) is 1.64. The van der Waals surface area contributed by atoms with E-state index in [1.54, 1.807) is 12.0 Å². The van der Waals surface area contributed by atoms with Gasteiger partial charge in [0.1, 0.15) is 6.04 Å². The van der Waals surface area contributed by atoms with Crippen molar-refractivity contribution in [3.63, 3.8) is 0 Å². The molecule has 6 nitrogen and oxygen atoms in total. The van der Waals surface area contributed by atoms with Crippen LogP contribution >= 0.6 is 11.3 Å². The Morgan fingerprint density at radius 1 is 1.43 bits per heavy atom. The molecule has 3 heterocycles. The summed E-state index contributed by atoms with van der Waals surface area (Å²) in [5, 5.41) is 2.87. The van der Waals surface area contributed by atoms with Crippen LogP contribution in [0.15, 0.2) is 12.1 Å². The average Bonchev–Trinajstić information content (AvgIpc) is 2.96. The molecule has 1 N–H and O–H groups in total. The first-order valence-electron chi connectivity index (χ1n) is 7.07. The third-order valence-corrected chi connectivity index (χ3v) is 4.99. The number of hydrogen-bond donors (Lipinski definition) is 1. The van der Waals surface area contributed by atoms with Crippen molar-refractivity contribution < 1.29 is 14.3 Å². The molecule has 1 aromatic rings. The molecule has 2 amide bonds. The molecule has 0 aliphatic carbocycles. The number of rotatable bonds is 3. The van der Waals surface area contributed by atoms with Gasteiger partial charge in [-0.15, -0.1) is 11.3 Å². The summed E-state index contributed by atoms with van der Waals surface area (Å²) in [6.45, 7) is 4.02. The van der Waals surface area contributed by atoms with Gasteiger partial charge in [-0.1, -0.05) is 0 Å². The summed E-state index contributed by atoms with van der Waals surface area (Å²) in [4.78, 5) is 30.2. The fraction of sp³-hybridized carbons (Fsp3) is 0.571. The summed E-state index contributed by atoms with van der Waals surface area (Å²) in [5.41, 5.74) is 0. The van der Waals surface area contributed by atoms with Crippen LogP contribution in [-0.2, 0) is 16.1 Å². The van der Waals surface area contributed by atoms with Gasteiger partial charge in [-0.2, -0.15) is 0 Å². The number of carbonyl (C=O) groups excluding carboxylic acids is 2. The predicted molar refractivity (Wildman–Crippen MR) is 79.3 cm³/mol. The van der Waals surface area contributed by atoms with E-state index in [-0.39, 0.29) is 17.9 Å². The third kappa shape index (κ3) is 2.95. The maximum absolute atomic E-state index is 12.5. The summed E-state index contributed by atoms with van der Waals surface area (Å²) in [6.07, 6.45) is 0. The van der Waals surface area contributed by atoms with Crippen molar-refractivity contribution >= 4 is 23.2 Å². The van der Waals surface area contributed by atoms with Gasteiger partial charge in [0.15, 0.2) is 0 Å². The predicted octanol–water partition coefficient (Wildman–Crippen LogP) is 0.151. The van der Waals surface area contributed by atoms with Crippen LogP contribution in [0.3, 0.4) is 0 Å². The molecule has 0 saturated carbocycles. The number of hydrogen-bond acceptors (Lipinski definition) is 5. The molecule has 1 aromatic heterocycles. The first kappa shape index (κ1) is 14.5. The molecule has 0 unspecified atom stereocenters. The second-order valence-electron chi connectivity index (χ2n) is 5.29.